The van der Waals surface area contributed by atoms with Crippen LogP contribution in [0.1, 0.15) is 28.7 Å². The zero-order valence-electron chi connectivity index (χ0n) is 10.0. The molecule has 94 valence electrons. The zero-order chi connectivity index (χ0) is 13.3. The minimum Gasteiger partial charge on any atom is -0.478 e. The first-order valence-electron chi connectivity index (χ1n) is 5.52. The second-order valence-electron chi connectivity index (χ2n) is 3.95. The fourth-order valence-corrected chi connectivity index (χ4v) is 1.89. The van der Waals surface area contributed by atoms with Gasteiger partial charge in [-0.05, 0) is 37.1 Å². The van der Waals surface area contributed by atoms with Crippen molar-refractivity contribution in [3.8, 4) is 11.1 Å². The number of hydrogen-bond donors (Lipinski definition) is 1. The van der Waals surface area contributed by atoms with Gasteiger partial charge in [-0.2, -0.15) is 0 Å². The van der Waals surface area contributed by atoms with Crippen molar-refractivity contribution in [2.45, 2.75) is 20.3 Å². The number of rotatable bonds is 3. The molecule has 1 N–H and O–H groups in total. The van der Waals surface area contributed by atoms with Crippen molar-refractivity contribution >= 4 is 5.97 Å². The van der Waals surface area contributed by atoms with Crippen LogP contribution in [0.25, 0.3) is 11.1 Å². The lowest BCUT2D eigenvalue weighted by molar-refractivity contribution is 0.0696. The summed E-state index contributed by atoms with van der Waals surface area (Å²) in [4.78, 5) is 10.9. The molecular weight excluding hydrogens is 237 g/mol. The molecule has 5 heteroatoms. The first kappa shape index (κ1) is 12.3. The van der Waals surface area contributed by atoms with Crippen LogP contribution in [-0.2, 0) is 6.42 Å². The molecule has 1 aromatic carbocycles. The van der Waals surface area contributed by atoms with E-state index in [0.717, 1.165) is 6.07 Å². The molecule has 2 aromatic rings. The molecule has 0 aliphatic heterocycles. The lowest BCUT2D eigenvalue weighted by Crippen LogP contribution is -1.98. The van der Waals surface area contributed by atoms with Crippen LogP contribution in [-0.4, -0.2) is 16.2 Å². The fourth-order valence-electron chi connectivity index (χ4n) is 1.89. The van der Waals surface area contributed by atoms with Gasteiger partial charge in [0.15, 0.2) is 0 Å². The number of halogens is 1. The van der Waals surface area contributed by atoms with E-state index in [9.17, 15) is 9.18 Å². The van der Waals surface area contributed by atoms with Crippen molar-refractivity contribution in [1.29, 1.82) is 0 Å². The van der Waals surface area contributed by atoms with Gasteiger partial charge in [-0.15, -0.1) is 0 Å². The number of hydrogen-bond acceptors (Lipinski definition) is 3. The van der Waals surface area contributed by atoms with Crippen LogP contribution in [0.15, 0.2) is 22.7 Å². The smallest absolute Gasteiger partial charge is 0.335 e. The first-order chi connectivity index (χ1) is 8.52. The van der Waals surface area contributed by atoms with Gasteiger partial charge >= 0.3 is 5.97 Å². The second kappa shape index (κ2) is 4.60. The summed E-state index contributed by atoms with van der Waals surface area (Å²) in [7, 11) is 0. The standard InChI is InChI=1S/C13H12FNO3/c1-3-11-12(7(2)18-15-11)8-4-9(13(16)17)6-10(14)5-8/h4-6H,3H2,1-2H3,(H,16,17). The van der Waals surface area contributed by atoms with Crippen molar-refractivity contribution in [1.82, 2.24) is 5.16 Å². The Labute approximate surface area is 103 Å². The average molecular weight is 249 g/mol. The summed E-state index contributed by atoms with van der Waals surface area (Å²) in [5.41, 5.74) is 1.74. The largest absolute Gasteiger partial charge is 0.478 e. The van der Waals surface area contributed by atoms with Crippen molar-refractivity contribution in [2.75, 3.05) is 0 Å². The summed E-state index contributed by atoms with van der Waals surface area (Å²) >= 11 is 0. The Morgan fingerprint density at radius 2 is 2.17 bits per heavy atom. The van der Waals surface area contributed by atoms with Crippen molar-refractivity contribution in [3.63, 3.8) is 0 Å². The monoisotopic (exact) mass is 249 g/mol. The second-order valence-corrected chi connectivity index (χ2v) is 3.95. The van der Waals surface area contributed by atoms with Gasteiger partial charge in [0.1, 0.15) is 11.6 Å². The predicted molar refractivity (Wildman–Crippen MR) is 63.0 cm³/mol. The van der Waals surface area contributed by atoms with Gasteiger partial charge in [-0.25, -0.2) is 9.18 Å². The summed E-state index contributed by atoms with van der Waals surface area (Å²) in [6, 6.07) is 3.69. The van der Waals surface area contributed by atoms with Crippen LogP contribution in [0, 0.1) is 12.7 Å². The molecule has 0 aliphatic rings. The molecule has 0 fully saturated rings. The molecule has 0 saturated carbocycles. The summed E-state index contributed by atoms with van der Waals surface area (Å²) < 4.78 is 18.5. The summed E-state index contributed by atoms with van der Waals surface area (Å²) in [6.45, 7) is 3.62. The van der Waals surface area contributed by atoms with Gasteiger partial charge in [0.2, 0.25) is 0 Å². The van der Waals surface area contributed by atoms with Gasteiger partial charge in [0.25, 0.3) is 0 Å². The van der Waals surface area contributed by atoms with E-state index in [0.29, 0.717) is 29.0 Å². The van der Waals surface area contributed by atoms with Crippen molar-refractivity contribution in [3.05, 3.63) is 41.0 Å². The fraction of sp³-hybridized carbons (Fsp3) is 0.231. The Hall–Kier alpha value is -2.17. The van der Waals surface area contributed by atoms with Gasteiger partial charge in [0.05, 0.1) is 11.3 Å². The van der Waals surface area contributed by atoms with E-state index in [4.69, 9.17) is 9.63 Å². The third-order valence-electron chi connectivity index (χ3n) is 2.70. The Kier molecular flexibility index (Phi) is 3.14. The first-order valence-corrected chi connectivity index (χ1v) is 5.52. The number of aromatic nitrogens is 1. The number of nitrogens with zero attached hydrogens (tertiary/aromatic N) is 1. The molecule has 0 spiro atoms. The predicted octanol–water partition coefficient (Wildman–Crippen LogP) is 3.05. The van der Waals surface area contributed by atoms with E-state index in [1.54, 1.807) is 6.92 Å². The highest BCUT2D eigenvalue weighted by atomic mass is 19.1. The zero-order valence-corrected chi connectivity index (χ0v) is 10.0. The summed E-state index contributed by atoms with van der Waals surface area (Å²) in [5, 5.41) is 12.8. The lowest BCUT2D eigenvalue weighted by atomic mass is 10.00. The number of aromatic carboxylic acids is 1. The summed E-state index contributed by atoms with van der Waals surface area (Å²) in [5.74, 6) is -1.20. The molecular formula is C13H12FNO3. The Morgan fingerprint density at radius 3 is 2.78 bits per heavy atom. The molecule has 0 atom stereocenters. The lowest BCUT2D eigenvalue weighted by Gasteiger charge is -2.04. The van der Waals surface area contributed by atoms with Crippen LogP contribution in [0.4, 0.5) is 4.39 Å². The van der Waals surface area contributed by atoms with Crippen LogP contribution < -0.4 is 0 Å². The number of aryl methyl sites for hydroxylation is 2. The maximum Gasteiger partial charge on any atom is 0.335 e. The average Bonchev–Trinajstić information content (AvgIpc) is 2.69. The molecule has 0 saturated heterocycles. The van der Waals surface area contributed by atoms with Gasteiger partial charge < -0.3 is 9.63 Å². The molecule has 0 aliphatic carbocycles. The Bertz CT molecular complexity index is 604. The SMILES string of the molecule is CCc1noc(C)c1-c1cc(F)cc(C(=O)O)c1. The van der Waals surface area contributed by atoms with Crippen molar-refractivity contribution in [2.24, 2.45) is 0 Å². The molecule has 0 bridgehead atoms. The van der Waals surface area contributed by atoms with E-state index in [-0.39, 0.29) is 5.56 Å². The van der Waals surface area contributed by atoms with Gasteiger partial charge in [0, 0.05) is 5.56 Å². The number of benzene rings is 1. The van der Waals surface area contributed by atoms with Crippen LogP contribution >= 0.6 is 0 Å². The number of carboxylic acid groups (broad SMARTS) is 1. The normalized spacial score (nSPS) is 10.6. The minimum absolute atomic E-state index is 0.0901. The van der Waals surface area contributed by atoms with E-state index in [1.807, 2.05) is 6.92 Å². The highest BCUT2D eigenvalue weighted by Crippen LogP contribution is 2.29. The van der Waals surface area contributed by atoms with Crippen LogP contribution in [0.2, 0.25) is 0 Å². The molecule has 0 amide bonds. The van der Waals surface area contributed by atoms with E-state index in [1.165, 1.54) is 12.1 Å². The van der Waals surface area contributed by atoms with E-state index in [2.05, 4.69) is 5.16 Å². The molecule has 0 radical (unpaired) electrons. The highest BCUT2D eigenvalue weighted by molar-refractivity contribution is 5.89. The molecule has 0 unspecified atom stereocenters. The summed E-state index contributed by atoms with van der Waals surface area (Å²) in [6.07, 6.45) is 0.631. The number of carboxylic acids is 1. The molecule has 1 heterocycles. The quantitative estimate of drug-likeness (QED) is 0.908. The molecule has 4 nitrogen and oxygen atoms in total. The topological polar surface area (TPSA) is 63.3 Å². The third kappa shape index (κ3) is 2.11. The molecule has 2 rings (SSSR count). The van der Waals surface area contributed by atoms with Crippen LogP contribution in [0.3, 0.4) is 0 Å². The molecule has 18 heavy (non-hydrogen) atoms. The van der Waals surface area contributed by atoms with Crippen molar-refractivity contribution < 1.29 is 18.8 Å². The Morgan fingerprint density at radius 1 is 1.44 bits per heavy atom. The third-order valence-corrected chi connectivity index (χ3v) is 2.70. The van der Waals surface area contributed by atoms with Gasteiger partial charge in [-0.1, -0.05) is 12.1 Å². The molecule has 1 aromatic heterocycles. The Balaban J connectivity index is 2.63. The van der Waals surface area contributed by atoms with Crippen LogP contribution in [0.5, 0.6) is 0 Å². The van der Waals surface area contributed by atoms with E-state index < -0.39 is 11.8 Å². The maximum absolute atomic E-state index is 13.4. The highest BCUT2D eigenvalue weighted by Gasteiger charge is 2.16. The number of carbonyl (C=O) groups is 1. The maximum atomic E-state index is 13.4. The minimum atomic E-state index is -1.16. The van der Waals surface area contributed by atoms with E-state index >= 15 is 0 Å². The van der Waals surface area contributed by atoms with Gasteiger partial charge in [-0.3, -0.25) is 0 Å².